The molecule has 2 aromatic heterocycles. The number of primary amides is 1. The molecule has 0 atom stereocenters. The lowest BCUT2D eigenvalue weighted by atomic mass is 10.2. The molecule has 2 rings (SSSR count). The first-order valence-corrected chi connectivity index (χ1v) is 6.78. The Labute approximate surface area is 119 Å². The van der Waals surface area contributed by atoms with Gasteiger partial charge in [-0.2, -0.15) is 0 Å². The van der Waals surface area contributed by atoms with Gasteiger partial charge in [-0.1, -0.05) is 0 Å². The van der Waals surface area contributed by atoms with Gasteiger partial charge in [0.1, 0.15) is 21.9 Å². The summed E-state index contributed by atoms with van der Waals surface area (Å²) in [6.07, 6.45) is 1.36. The van der Waals surface area contributed by atoms with Crippen LogP contribution in [0.4, 0.5) is 5.82 Å². The van der Waals surface area contributed by atoms with Gasteiger partial charge in [0, 0.05) is 6.54 Å². The van der Waals surface area contributed by atoms with Gasteiger partial charge in [-0.3, -0.25) is 4.79 Å². The molecule has 0 saturated heterocycles. The second-order valence-corrected chi connectivity index (χ2v) is 5.22. The number of fused-ring (bicyclic) bond motifs is 1. The molecular weight excluding hydrogens is 280 g/mol. The lowest BCUT2D eigenvalue weighted by Gasteiger charge is -2.20. The summed E-state index contributed by atoms with van der Waals surface area (Å²) >= 11 is 1.10. The topological polar surface area (TPSA) is 109 Å². The van der Waals surface area contributed by atoms with Crippen LogP contribution in [0.5, 0.6) is 0 Å². The maximum Gasteiger partial charge on any atom is 0.346 e. The van der Waals surface area contributed by atoms with Gasteiger partial charge in [-0.15, -0.1) is 11.3 Å². The molecule has 0 unspecified atom stereocenters. The van der Waals surface area contributed by atoms with Crippen molar-refractivity contribution in [2.75, 3.05) is 18.0 Å². The third-order valence-corrected chi connectivity index (χ3v) is 4.12. The fraction of sp³-hybridized carbons (Fsp3) is 0.333. The van der Waals surface area contributed by atoms with Crippen molar-refractivity contribution < 1.29 is 14.7 Å². The summed E-state index contributed by atoms with van der Waals surface area (Å²) in [4.78, 5) is 33.1. The number of aryl methyl sites for hydroxylation is 1. The summed E-state index contributed by atoms with van der Waals surface area (Å²) in [5, 5.41) is 9.84. The molecule has 106 valence electrons. The number of hydrogen-bond acceptors (Lipinski definition) is 6. The number of hydrogen-bond donors (Lipinski definition) is 2. The number of carbonyl (C=O) groups excluding carboxylic acids is 1. The number of nitrogens with two attached hydrogens (primary N) is 1. The molecule has 0 aromatic carbocycles. The highest BCUT2D eigenvalue weighted by Gasteiger charge is 2.21. The molecule has 0 aliphatic rings. The molecule has 1 amide bonds. The van der Waals surface area contributed by atoms with Gasteiger partial charge in [0.25, 0.3) is 0 Å². The third kappa shape index (κ3) is 2.42. The summed E-state index contributed by atoms with van der Waals surface area (Å²) in [7, 11) is 0. The number of aromatic carboxylic acids is 1. The highest BCUT2D eigenvalue weighted by Crippen LogP contribution is 2.34. The minimum absolute atomic E-state index is 0.0281. The molecule has 7 nitrogen and oxygen atoms in total. The monoisotopic (exact) mass is 294 g/mol. The van der Waals surface area contributed by atoms with E-state index in [0.717, 1.165) is 11.3 Å². The van der Waals surface area contributed by atoms with Crippen LogP contribution in [0.15, 0.2) is 6.33 Å². The quantitative estimate of drug-likeness (QED) is 0.851. The van der Waals surface area contributed by atoms with E-state index in [4.69, 9.17) is 5.73 Å². The van der Waals surface area contributed by atoms with Gasteiger partial charge in [-0.25, -0.2) is 14.8 Å². The molecule has 8 heteroatoms. The largest absolute Gasteiger partial charge is 0.477 e. The zero-order chi connectivity index (χ0) is 14.9. The zero-order valence-corrected chi connectivity index (χ0v) is 11.9. The summed E-state index contributed by atoms with van der Waals surface area (Å²) in [6, 6.07) is 0. The average molecular weight is 294 g/mol. The Morgan fingerprint density at radius 2 is 2.15 bits per heavy atom. The predicted molar refractivity (Wildman–Crippen MR) is 76.2 cm³/mol. The lowest BCUT2D eigenvalue weighted by Crippen LogP contribution is -2.34. The first-order chi connectivity index (χ1) is 9.45. The maximum absolute atomic E-state index is 11.2. The highest BCUT2D eigenvalue weighted by molar-refractivity contribution is 7.20. The number of rotatable bonds is 5. The van der Waals surface area contributed by atoms with Gasteiger partial charge < -0.3 is 15.7 Å². The van der Waals surface area contributed by atoms with Gasteiger partial charge in [0.15, 0.2) is 0 Å². The molecule has 0 spiro atoms. The van der Waals surface area contributed by atoms with Crippen molar-refractivity contribution in [3.8, 4) is 0 Å². The van der Waals surface area contributed by atoms with Gasteiger partial charge in [0.05, 0.1) is 11.9 Å². The van der Waals surface area contributed by atoms with E-state index < -0.39 is 11.9 Å². The van der Waals surface area contributed by atoms with E-state index in [-0.39, 0.29) is 11.4 Å². The second-order valence-electron chi connectivity index (χ2n) is 4.22. The predicted octanol–water partition coefficient (Wildman–Crippen LogP) is 1.01. The molecule has 0 radical (unpaired) electrons. The average Bonchev–Trinajstić information content (AvgIpc) is 2.73. The number of carbonyl (C=O) groups is 2. The standard InChI is InChI=1S/C12H14N4O3S/c1-3-16(4-7(13)17)10-8-6(2)9(12(18)19)20-11(8)15-5-14-10/h5H,3-4H2,1-2H3,(H2,13,17)(H,18,19). The Hall–Kier alpha value is -2.22. The number of carboxylic acid groups (broad SMARTS) is 1. The van der Waals surface area contributed by atoms with E-state index in [0.29, 0.717) is 28.1 Å². The summed E-state index contributed by atoms with van der Waals surface area (Å²) < 4.78 is 0. The van der Waals surface area contributed by atoms with Crippen molar-refractivity contribution in [3.63, 3.8) is 0 Å². The number of amides is 1. The van der Waals surface area contributed by atoms with Crippen LogP contribution in [-0.2, 0) is 4.79 Å². The van der Waals surface area contributed by atoms with Crippen molar-refractivity contribution in [2.45, 2.75) is 13.8 Å². The highest BCUT2D eigenvalue weighted by atomic mass is 32.1. The molecule has 0 saturated carbocycles. The van der Waals surface area contributed by atoms with E-state index in [1.807, 2.05) is 6.92 Å². The Morgan fingerprint density at radius 1 is 1.45 bits per heavy atom. The van der Waals surface area contributed by atoms with Gasteiger partial charge in [0.2, 0.25) is 5.91 Å². The molecule has 2 heterocycles. The van der Waals surface area contributed by atoms with Crippen LogP contribution in [0, 0.1) is 6.92 Å². The summed E-state index contributed by atoms with van der Waals surface area (Å²) in [5.74, 6) is -0.920. The van der Waals surface area contributed by atoms with Crippen LogP contribution < -0.4 is 10.6 Å². The van der Waals surface area contributed by atoms with Crippen molar-refractivity contribution in [2.24, 2.45) is 5.73 Å². The van der Waals surface area contributed by atoms with E-state index in [1.54, 1.807) is 11.8 Å². The molecule has 20 heavy (non-hydrogen) atoms. The van der Waals surface area contributed by atoms with Crippen molar-refractivity contribution in [1.82, 2.24) is 9.97 Å². The second kappa shape index (κ2) is 5.41. The van der Waals surface area contributed by atoms with Crippen LogP contribution in [0.2, 0.25) is 0 Å². The molecule has 0 bridgehead atoms. The number of nitrogens with zero attached hydrogens (tertiary/aromatic N) is 3. The fourth-order valence-electron chi connectivity index (χ4n) is 2.02. The number of likely N-dealkylation sites (N-methyl/N-ethyl adjacent to an activating group) is 1. The smallest absolute Gasteiger partial charge is 0.346 e. The molecule has 0 aliphatic carbocycles. The minimum Gasteiger partial charge on any atom is -0.477 e. The number of anilines is 1. The Bertz CT molecular complexity index is 683. The van der Waals surface area contributed by atoms with Crippen molar-refractivity contribution in [3.05, 3.63) is 16.8 Å². The molecule has 2 aromatic rings. The third-order valence-electron chi connectivity index (χ3n) is 2.93. The van der Waals surface area contributed by atoms with E-state index in [1.165, 1.54) is 6.33 Å². The van der Waals surface area contributed by atoms with E-state index >= 15 is 0 Å². The van der Waals surface area contributed by atoms with Crippen LogP contribution >= 0.6 is 11.3 Å². The van der Waals surface area contributed by atoms with E-state index in [9.17, 15) is 14.7 Å². The van der Waals surface area contributed by atoms with Crippen LogP contribution in [-0.4, -0.2) is 40.0 Å². The minimum atomic E-state index is -0.991. The van der Waals surface area contributed by atoms with Crippen molar-refractivity contribution in [1.29, 1.82) is 0 Å². The SMILES string of the molecule is CCN(CC(N)=O)c1ncnc2sc(C(=O)O)c(C)c12. The summed E-state index contributed by atoms with van der Waals surface area (Å²) in [6.45, 7) is 4.15. The summed E-state index contributed by atoms with van der Waals surface area (Å²) in [5.41, 5.74) is 5.83. The number of thiophene rings is 1. The lowest BCUT2D eigenvalue weighted by molar-refractivity contribution is -0.116. The fourth-order valence-corrected chi connectivity index (χ4v) is 3.00. The first kappa shape index (κ1) is 14.2. The maximum atomic E-state index is 11.2. The Balaban J connectivity index is 2.64. The Morgan fingerprint density at radius 3 is 2.70 bits per heavy atom. The van der Waals surface area contributed by atoms with Gasteiger partial charge in [-0.05, 0) is 19.4 Å². The van der Waals surface area contributed by atoms with Crippen LogP contribution in [0.1, 0.15) is 22.2 Å². The molecular formula is C12H14N4O3S. The normalized spacial score (nSPS) is 10.7. The first-order valence-electron chi connectivity index (χ1n) is 5.96. The Kier molecular flexibility index (Phi) is 3.84. The van der Waals surface area contributed by atoms with Crippen LogP contribution in [0.3, 0.4) is 0 Å². The zero-order valence-electron chi connectivity index (χ0n) is 11.1. The molecule has 0 fully saturated rings. The van der Waals surface area contributed by atoms with Crippen LogP contribution in [0.25, 0.3) is 10.2 Å². The molecule has 0 aliphatic heterocycles. The molecule has 3 N–H and O–H groups in total. The van der Waals surface area contributed by atoms with Crippen molar-refractivity contribution >= 4 is 39.2 Å². The number of carboxylic acids is 1. The van der Waals surface area contributed by atoms with Gasteiger partial charge >= 0.3 is 5.97 Å². The van der Waals surface area contributed by atoms with E-state index in [2.05, 4.69) is 9.97 Å². The number of aromatic nitrogens is 2.